The number of thioether (sulfide) groups is 1. The van der Waals surface area contributed by atoms with Crippen molar-refractivity contribution in [3.63, 3.8) is 0 Å². The van der Waals surface area contributed by atoms with Crippen molar-refractivity contribution in [2.45, 2.75) is 57.8 Å². The van der Waals surface area contributed by atoms with Crippen LogP contribution in [-0.2, 0) is 9.53 Å². The van der Waals surface area contributed by atoms with Gasteiger partial charge >= 0.3 is 6.09 Å². The fourth-order valence-electron chi connectivity index (χ4n) is 1.63. The number of carbonyl (C=O) groups excluding carboxylic acids is 2. The van der Waals surface area contributed by atoms with E-state index >= 15 is 0 Å². The van der Waals surface area contributed by atoms with Crippen LogP contribution in [0.15, 0.2) is 12.7 Å². The molecule has 7 heteroatoms. The minimum atomic E-state index is -0.835. The summed E-state index contributed by atoms with van der Waals surface area (Å²) >= 11 is 1.30. The van der Waals surface area contributed by atoms with E-state index in [1.54, 1.807) is 26.8 Å². The number of aliphatic hydroxyl groups is 2. The summed E-state index contributed by atoms with van der Waals surface area (Å²) in [5, 5.41) is 20.7. The third-order valence-corrected chi connectivity index (χ3v) is 3.91. The van der Waals surface area contributed by atoms with Crippen LogP contribution in [-0.4, -0.2) is 57.9 Å². The van der Waals surface area contributed by atoms with Crippen LogP contribution in [0.4, 0.5) is 4.79 Å². The fourth-order valence-corrected chi connectivity index (χ4v) is 2.65. The zero-order chi connectivity index (χ0) is 17.9. The molecule has 1 unspecified atom stereocenters. The van der Waals surface area contributed by atoms with Crippen LogP contribution < -0.4 is 5.32 Å². The Bertz CT molecular complexity index is 381. The number of nitrogens with one attached hydrogen (secondary N) is 1. The summed E-state index contributed by atoms with van der Waals surface area (Å²) in [4.78, 5) is 24.1. The summed E-state index contributed by atoms with van der Waals surface area (Å²) in [5.74, 6) is 0.537. The molecule has 1 amide bonds. The first-order valence-corrected chi connectivity index (χ1v) is 8.85. The third-order valence-electron chi connectivity index (χ3n) is 2.72. The van der Waals surface area contributed by atoms with Crippen LogP contribution in [0.3, 0.4) is 0 Å². The van der Waals surface area contributed by atoms with Crippen LogP contribution >= 0.6 is 11.8 Å². The molecule has 0 rings (SSSR count). The predicted molar refractivity (Wildman–Crippen MR) is 92.6 cm³/mol. The molecule has 0 saturated carbocycles. The molecule has 134 valence electrons. The van der Waals surface area contributed by atoms with Gasteiger partial charge in [-0.05, 0) is 33.6 Å². The van der Waals surface area contributed by atoms with Crippen molar-refractivity contribution in [2.75, 3.05) is 18.1 Å². The number of hydrogen-bond donors (Lipinski definition) is 3. The molecule has 0 saturated heterocycles. The molecule has 0 aromatic carbocycles. The van der Waals surface area contributed by atoms with E-state index in [0.29, 0.717) is 24.3 Å². The van der Waals surface area contributed by atoms with E-state index in [1.165, 1.54) is 11.8 Å². The first-order valence-electron chi connectivity index (χ1n) is 7.69. The lowest BCUT2D eigenvalue weighted by Crippen LogP contribution is -2.45. The van der Waals surface area contributed by atoms with Crippen molar-refractivity contribution >= 4 is 23.6 Å². The van der Waals surface area contributed by atoms with Crippen molar-refractivity contribution in [1.29, 1.82) is 0 Å². The van der Waals surface area contributed by atoms with E-state index in [2.05, 4.69) is 11.9 Å². The van der Waals surface area contributed by atoms with Crippen molar-refractivity contribution in [3.05, 3.63) is 12.7 Å². The maximum atomic E-state index is 12.2. The highest BCUT2D eigenvalue weighted by atomic mass is 32.2. The Morgan fingerprint density at radius 2 is 2.00 bits per heavy atom. The molecule has 23 heavy (non-hydrogen) atoms. The zero-order valence-electron chi connectivity index (χ0n) is 14.2. The maximum absolute atomic E-state index is 12.2. The second kappa shape index (κ2) is 11.5. The van der Waals surface area contributed by atoms with E-state index in [9.17, 15) is 14.7 Å². The molecule has 0 aromatic rings. The number of unbranched alkanes of at least 4 members (excludes halogenated alkanes) is 1. The Morgan fingerprint density at radius 3 is 2.52 bits per heavy atom. The summed E-state index contributed by atoms with van der Waals surface area (Å²) in [6.45, 7) is 8.53. The molecule has 0 radical (unpaired) electrons. The minimum Gasteiger partial charge on any atom is -0.444 e. The molecule has 0 bridgehead atoms. The Hall–Kier alpha value is -1.05. The SMILES string of the molecule is C=CCCCC(=O)[C@H](CSCC(O)CO)NC(=O)OC(C)(C)C. The van der Waals surface area contributed by atoms with Crippen molar-refractivity contribution in [2.24, 2.45) is 0 Å². The van der Waals surface area contributed by atoms with Crippen LogP contribution in [0.1, 0.15) is 40.0 Å². The van der Waals surface area contributed by atoms with Crippen molar-refractivity contribution < 1.29 is 24.5 Å². The normalized spacial score (nSPS) is 14.0. The number of allylic oxidation sites excluding steroid dienone is 1. The van der Waals surface area contributed by atoms with Crippen molar-refractivity contribution in [1.82, 2.24) is 5.32 Å². The van der Waals surface area contributed by atoms with E-state index in [4.69, 9.17) is 9.84 Å². The Morgan fingerprint density at radius 1 is 1.35 bits per heavy atom. The summed E-state index contributed by atoms with van der Waals surface area (Å²) < 4.78 is 5.18. The molecule has 0 aliphatic carbocycles. The lowest BCUT2D eigenvalue weighted by Gasteiger charge is -2.23. The van der Waals surface area contributed by atoms with E-state index in [-0.39, 0.29) is 12.4 Å². The second-order valence-corrected chi connectivity index (χ2v) is 7.29. The first-order chi connectivity index (χ1) is 10.7. The number of amides is 1. The number of alkyl carbamates (subject to hydrolysis) is 1. The maximum Gasteiger partial charge on any atom is 0.408 e. The first kappa shape index (κ1) is 21.9. The molecule has 3 N–H and O–H groups in total. The highest BCUT2D eigenvalue weighted by Crippen LogP contribution is 2.11. The third kappa shape index (κ3) is 12.1. The average molecular weight is 347 g/mol. The van der Waals surface area contributed by atoms with E-state index in [1.807, 2.05) is 0 Å². The highest BCUT2D eigenvalue weighted by molar-refractivity contribution is 7.99. The standard InChI is InChI=1S/C16H29NO5S/c1-5-6-7-8-14(20)13(11-23-10-12(19)9-18)17-15(21)22-16(2,3)4/h5,12-13,18-19H,1,6-11H2,2-4H3,(H,17,21)/t12?,13-/m0/s1. The minimum absolute atomic E-state index is 0.0799. The van der Waals surface area contributed by atoms with Crippen LogP contribution in [0, 0.1) is 0 Å². The average Bonchev–Trinajstić information content (AvgIpc) is 2.44. The van der Waals surface area contributed by atoms with Crippen molar-refractivity contribution in [3.8, 4) is 0 Å². The van der Waals surface area contributed by atoms with Crippen LogP contribution in [0.5, 0.6) is 0 Å². The van der Waals surface area contributed by atoms with Gasteiger partial charge in [0.25, 0.3) is 0 Å². The number of hydrogen-bond acceptors (Lipinski definition) is 6. The lowest BCUT2D eigenvalue weighted by atomic mass is 10.1. The molecule has 6 nitrogen and oxygen atoms in total. The highest BCUT2D eigenvalue weighted by Gasteiger charge is 2.24. The summed E-state index contributed by atoms with van der Waals surface area (Å²) in [5.41, 5.74) is -0.638. The molecule has 2 atom stereocenters. The van der Waals surface area contributed by atoms with Gasteiger partial charge in [-0.15, -0.1) is 6.58 Å². The molecule has 0 aliphatic heterocycles. The van der Waals surface area contributed by atoms with Gasteiger partial charge in [0.1, 0.15) is 5.60 Å². The molecule has 0 heterocycles. The van der Waals surface area contributed by atoms with E-state index < -0.39 is 23.8 Å². The summed E-state index contributed by atoms with van der Waals surface area (Å²) in [6.07, 6.45) is 2.03. The van der Waals surface area contributed by atoms with Gasteiger partial charge in [-0.25, -0.2) is 4.79 Å². The van der Waals surface area contributed by atoms with Gasteiger partial charge in [-0.3, -0.25) is 4.79 Å². The molecule has 0 fully saturated rings. The Labute approximate surface area is 142 Å². The molecule has 0 aliphatic rings. The van der Waals surface area contributed by atoms with Crippen LogP contribution in [0.25, 0.3) is 0 Å². The van der Waals surface area contributed by atoms with Gasteiger partial charge in [-0.1, -0.05) is 6.08 Å². The van der Waals surface area contributed by atoms with Gasteiger partial charge in [0, 0.05) is 17.9 Å². The van der Waals surface area contributed by atoms with Gasteiger partial charge < -0.3 is 20.3 Å². The summed E-state index contributed by atoms with van der Waals surface area (Å²) in [7, 11) is 0. The van der Waals surface area contributed by atoms with Gasteiger partial charge in [0.15, 0.2) is 5.78 Å². The lowest BCUT2D eigenvalue weighted by molar-refractivity contribution is -0.120. The predicted octanol–water partition coefficient (Wildman–Crippen LogP) is 1.89. The summed E-state index contributed by atoms with van der Waals surface area (Å²) in [6, 6.07) is -0.675. The number of aliphatic hydroxyl groups excluding tert-OH is 2. The Balaban J connectivity index is 4.55. The van der Waals surface area contributed by atoms with E-state index in [0.717, 1.165) is 6.42 Å². The molecular formula is C16H29NO5S. The quantitative estimate of drug-likeness (QED) is 0.390. The molecule has 0 spiro atoms. The largest absolute Gasteiger partial charge is 0.444 e. The number of Topliss-reactive ketones (excluding diaryl/α,β-unsaturated/α-hetero) is 1. The Kier molecular flexibility index (Phi) is 11.0. The number of rotatable bonds is 11. The smallest absolute Gasteiger partial charge is 0.408 e. The van der Waals surface area contributed by atoms with Gasteiger partial charge in [-0.2, -0.15) is 11.8 Å². The number of ketones is 1. The second-order valence-electron chi connectivity index (χ2n) is 6.22. The van der Waals surface area contributed by atoms with Crippen LogP contribution in [0.2, 0.25) is 0 Å². The zero-order valence-corrected chi connectivity index (χ0v) is 15.0. The molecular weight excluding hydrogens is 318 g/mol. The topological polar surface area (TPSA) is 95.9 Å². The monoisotopic (exact) mass is 347 g/mol. The number of ether oxygens (including phenoxy) is 1. The molecule has 0 aromatic heterocycles. The van der Waals surface area contributed by atoms with Gasteiger partial charge in [0.05, 0.1) is 18.8 Å². The van der Waals surface area contributed by atoms with Gasteiger partial charge in [0.2, 0.25) is 0 Å². The fraction of sp³-hybridized carbons (Fsp3) is 0.750. The number of carbonyl (C=O) groups is 2.